The Kier molecular flexibility index (Phi) is 3.77. The zero-order chi connectivity index (χ0) is 15.7. The molecule has 3 rings (SSSR count). The fraction of sp³-hybridized carbons (Fsp3) is 0.111. The summed E-state index contributed by atoms with van der Waals surface area (Å²) in [6.07, 6.45) is 1.73. The SMILES string of the molecule is C[Si](C)C(=CN1C(=O)c2ccccc2C1=O)c1ccccc1. The van der Waals surface area contributed by atoms with Crippen LogP contribution in [0.15, 0.2) is 60.8 Å². The Labute approximate surface area is 131 Å². The maximum atomic E-state index is 12.5. The van der Waals surface area contributed by atoms with Crippen LogP contribution in [0, 0.1) is 0 Å². The maximum Gasteiger partial charge on any atom is 0.265 e. The number of carbonyl (C=O) groups is 2. The first-order valence-corrected chi connectivity index (χ1v) is 9.64. The molecule has 0 spiro atoms. The summed E-state index contributed by atoms with van der Waals surface area (Å²) in [4.78, 5) is 26.2. The van der Waals surface area contributed by atoms with Gasteiger partial charge in [-0.1, -0.05) is 55.6 Å². The lowest BCUT2D eigenvalue weighted by Gasteiger charge is -2.15. The fourth-order valence-electron chi connectivity index (χ4n) is 2.56. The maximum absolute atomic E-state index is 12.5. The van der Waals surface area contributed by atoms with E-state index in [-0.39, 0.29) is 11.8 Å². The molecule has 2 amide bonds. The molecule has 1 aliphatic rings. The lowest BCUT2D eigenvalue weighted by atomic mass is 10.1. The van der Waals surface area contributed by atoms with Crippen molar-refractivity contribution in [3.05, 3.63) is 77.5 Å². The van der Waals surface area contributed by atoms with E-state index < -0.39 is 8.80 Å². The fourth-order valence-corrected chi connectivity index (χ4v) is 3.70. The van der Waals surface area contributed by atoms with Gasteiger partial charge < -0.3 is 0 Å². The third-order valence-corrected chi connectivity index (χ3v) is 5.20. The summed E-state index contributed by atoms with van der Waals surface area (Å²) in [5, 5.41) is 1.07. The molecule has 0 atom stereocenters. The summed E-state index contributed by atoms with van der Waals surface area (Å²) >= 11 is 0. The zero-order valence-corrected chi connectivity index (χ0v) is 13.5. The van der Waals surface area contributed by atoms with Crippen LogP contribution >= 0.6 is 0 Å². The lowest BCUT2D eigenvalue weighted by Crippen LogP contribution is -2.25. The van der Waals surface area contributed by atoms with Crippen molar-refractivity contribution in [3.8, 4) is 0 Å². The number of carbonyl (C=O) groups excluding carboxylic acids is 2. The summed E-state index contributed by atoms with van der Waals surface area (Å²) < 4.78 is 0. The highest BCUT2D eigenvalue weighted by atomic mass is 28.3. The van der Waals surface area contributed by atoms with Crippen molar-refractivity contribution < 1.29 is 9.59 Å². The van der Waals surface area contributed by atoms with E-state index in [0.29, 0.717) is 11.1 Å². The van der Waals surface area contributed by atoms with E-state index >= 15 is 0 Å². The van der Waals surface area contributed by atoms with Crippen LogP contribution in [0.5, 0.6) is 0 Å². The van der Waals surface area contributed by atoms with E-state index in [0.717, 1.165) is 10.8 Å². The highest BCUT2D eigenvalue weighted by molar-refractivity contribution is 6.76. The number of hydrogen-bond donors (Lipinski definition) is 0. The van der Waals surface area contributed by atoms with Gasteiger partial charge >= 0.3 is 0 Å². The van der Waals surface area contributed by atoms with E-state index in [9.17, 15) is 9.59 Å². The van der Waals surface area contributed by atoms with Crippen molar-refractivity contribution in [2.24, 2.45) is 0 Å². The number of imide groups is 1. The monoisotopic (exact) mass is 306 g/mol. The van der Waals surface area contributed by atoms with Crippen LogP contribution in [0.25, 0.3) is 5.20 Å². The van der Waals surface area contributed by atoms with Gasteiger partial charge in [-0.15, -0.1) is 0 Å². The van der Waals surface area contributed by atoms with Crippen LogP contribution < -0.4 is 0 Å². The molecule has 22 heavy (non-hydrogen) atoms. The molecular formula is C18H16NO2Si. The Morgan fingerprint density at radius 2 is 1.36 bits per heavy atom. The number of amides is 2. The number of hydrogen-bond acceptors (Lipinski definition) is 2. The quantitative estimate of drug-likeness (QED) is 0.641. The molecule has 0 saturated carbocycles. The highest BCUT2D eigenvalue weighted by Gasteiger charge is 2.34. The first kappa shape index (κ1) is 14.5. The number of fused-ring (bicyclic) bond motifs is 1. The van der Waals surface area contributed by atoms with Gasteiger partial charge in [-0.05, 0) is 22.9 Å². The Morgan fingerprint density at radius 1 is 0.864 bits per heavy atom. The van der Waals surface area contributed by atoms with Crippen molar-refractivity contribution in [2.75, 3.05) is 0 Å². The normalized spacial score (nSPS) is 14.7. The Hall–Kier alpha value is -2.46. The Morgan fingerprint density at radius 3 is 1.86 bits per heavy atom. The molecule has 2 aromatic carbocycles. The van der Waals surface area contributed by atoms with Gasteiger partial charge in [-0.3, -0.25) is 9.59 Å². The minimum absolute atomic E-state index is 0.239. The van der Waals surface area contributed by atoms with Crippen LogP contribution in [0.1, 0.15) is 26.3 Å². The van der Waals surface area contributed by atoms with E-state index in [1.165, 1.54) is 4.90 Å². The first-order chi connectivity index (χ1) is 10.6. The largest absolute Gasteiger partial charge is 0.268 e. The first-order valence-electron chi connectivity index (χ1n) is 7.14. The van der Waals surface area contributed by atoms with Crippen LogP contribution in [0.2, 0.25) is 13.1 Å². The second kappa shape index (κ2) is 5.73. The molecule has 0 aromatic heterocycles. The Bertz CT molecular complexity index is 731. The molecular weight excluding hydrogens is 290 g/mol. The van der Waals surface area contributed by atoms with Crippen molar-refractivity contribution in [1.82, 2.24) is 4.90 Å². The molecule has 0 fully saturated rings. The second-order valence-corrected chi connectivity index (χ2v) is 7.97. The van der Waals surface area contributed by atoms with E-state index in [4.69, 9.17) is 0 Å². The molecule has 0 N–H and O–H groups in total. The van der Waals surface area contributed by atoms with Gasteiger partial charge in [-0.2, -0.15) is 0 Å². The molecule has 4 heteroatoms. The minimum Gasteiger partial charge on any atom is -0.268 e. The van der Waals surface area contributed by atoms with Crippen LogP contribution in [-0.2, 0) is 0 Å². The van der Waals surface area contributed by atoms with E-state index in [1.807, 2.05) is 30.3 Å². The highest BCUT2D eigenvalue weighted by Crippen LogP contribution is 2.26. The average molecular weight is 306 g/mol. The van der Waals surface area contributed by atoms with E-state index in [2.05, 4.69) is 13.1 Å². The second-order valence-electron chi connectivity index (χ2n) is 5.43. The van der Waals surface area contributed by atoms with Gasteiger partial charge in [-0.25, -0.2) is 4.90 Å². The van der Waals surface area contributed by atoms with Gasteiger partial charge in [0.2, 0.25) is 0 Å². The molecule has 109 valence electrons. The van der Waals surface area contributed by atoms with Gasteiger partial charge in [0, 0.05) is 6.20 Å². The summed E-state index contributed by atoms with van der Waals surface area (Å²) in [6.45, 7) is 4.31. The molecule has 0 saturated heterocycles. The van der Waals surface area contributed by atoms with Crippen molar-refractivity contribution >= 4 is 25.8 Å². The predicted octanol–water partition coefficient (Wildman–Crippen LogP) is 3.62. The number of nitrogens with zero attached hydrogens (tertiary/aromatic N) is 1. The minimum atomic E-state index is -0.830. The summed E-state index contributed by atoms with van der Waals surface area (Å²) in [5.74, 6) is -0.477. The van der Waals surface area contributed by atoms with Gasteiger partial charge in [0.15, 0.2) is 0 Å². The van der Waals surface area contributed by atoms with Crippen LogP contribution in [0.4, 0.5) is 0 Å². The molecule has 1 heterocycles. The van der Waals surface area contributed by atoms with Crippen molar-refractivity contribution in [2.45, 2.75) is 13.1 Å². The third kappa shape index (κ3) is 2.42. The van der Waals surface area contributed by atoms with Gasteiger partial charge in [0.05, 0.1) is 19.9 Å². The lowest BCUT2D eigenvalue weighted by molar-refractivity contribution is 0.0722. The summed E-state index contributed by atoms with van der Waals surface area (Å²) in [5.41, 5.74) is 2.03. The van der Waals surface area contributed by atoms with Crippen molar-refractivity contribution in [3.63, 3.8) is 0 Å². The third-order valence-electron chi connectivity index (χ3n) is 3.71. The predicted molar refractivity (Wildman–Crippen MR) is 88.8 cm³/mol. The standard InChI is InChI=1S/C18H16NO2Si/c1-22(2)16(13-8-4-3-5-9-13)12-19-17(20)14-10-6-7-11-15(14)18(19)21/h3-12H,1-2H3. The summed E-state index contributed by atoms with van der Waals surface area (Å²) in [6, 6.07) is 16.9. The molecule has 0 unspecified atom stereocenters. The topological polar surface area (TPSA) is 37.4 Å². The molecule has 3 nitrogen and oxygen atoms in total. The molecule has 1 aliphatic heterocycles. The van der Waals surface area contributed by atoms with Crippen LogP contribution in [0.3, 0.4) is 0 Å². The van der Waals surface area contributed by atoms with Gasteiger partial charge in [0.1, 0.15) is 0 Å². The van der Waals surface area contributed by atoms with E-state index in [1.54, 1.807) is 30.5 Å². The van der Waals surface area contributed by atoms with Gasteiger partial charge in [0.25, 0.3) is 11.8 Å². The molecule has 2 aromatic rings. The van der Waals surface area contributed by atoms with Crippen molar-refractivity contribution in [1.29, 1.82) is 0 Å². The average Bonchev–Trinajstić information content (AvgIpc) is 2.78. The molecule has 0 aliphatic carbocycles. The molecule has 1 radical (unpaired) electrons. The number of benzene rings is 2. The smallest absolute Gasteiger partial charge is 0.265 e. The zero-order valence-electron chi connectivity index (χ0n) is 12.5. The molecule has 0 bridgehead atoms. The Balaban J connectivity index is 2.04. The summed E-state index contributed by atoms with van der Waals surface area (Å²) in [7, 11) is -0.830. The number of rotatable bonds is 3. The van der Waals surface area contributed by atoms with Crippen LogP contribution in [-0.4, -0.2) is 25.5 Å².